The monoisotopic (exact) mass is 404 g/mol. The van der Waals surface area contributed by atoms with Gasteiger partial charge in [0.05, 0.1) is 23.6 Å². The first-order valence-corrected chi connectivity index (χ1v) is 11.6. The third kappa shape index (κ3) is 3.75. The van der Waals surface area contributed by atoms with E-state index in [9.17, 15) is 12.8 Å². The van der Waals surface area contributed by atoms with Crippen molar-refractivity contribution < 1.29 is 12.8 Å². The standard InChI is InChI=1S/C20H21FN2O2S2/c1-13-3-8-17(9-14(13)2)23-19-12-27(24,25)11-18(19)22-20(23)26-10-15-4-6-16(21)7-5-15/h3-9,18-19H,10-12H2,1-2H3/t18-,19-/m0/s1. The van der Waals surface area contributed by atoms with Gasteiger partial charge >= 0.3 is 0 Å². The molecule has 0 saturated carbocycles. The highest BCUT2D eigenvalue weighted by molar-refractivity contribution is 8.13. The second-order valence-corrected chi connectivity index (χ2v) is 10.3. The van der Waals surface area contributed by atoms with E-state index in [1.165, 1.54) is 23.3 Å². The van der Waals surface area contributed by atoms with E-state index in [0.29, 0.717) is 5.75 Å². The molecule has 2 aliphatic rings. The quantitative estimate of drug-likeness (QED) is 0.782. The smallest absolute Gasteiger partial charge is 0.164 e. The first kappa shape index (κ1) is 18.5. The Labute approximate surface area is 163 Å². The molecule has 2 heterocycles. The summed E-state index contributed by atoms with van der Waals surface area (Å²) in [6.45, 7) is 4.12. The molecule has 2 aliphatic heterocycles. The number of fused-ring (bicyclic) bond motifs is 1. The zero-order valence-electron chi connectivity index (χ0n) is 15.2. The molecule has 0 N–H and O–H groups in total. The SMILES string of the molecule is Cc1ccc(N2C(SCc3ccc(F)cc3)=N[C@H]3CS(=O)(=O)C[C@@H]32)cc1C. The lowest BCUT2D eigenvalue weighted by atomic mass is 10.1. The maximum Gasteiger partial charge on any atom is 0.164 e. The van der Waals surface area contributed by atoms with Gasteiger partial charge in [-0.1, -0.05) is 30.0 Å². The van der Waals surface area contributed by atoms with Crippen molar-refractivity contribution in [3.8, 4) is 0 Å². The van der Waals surface area contributed by atoms with Crippen LogP contribution in [0.2, 0.25) is 0 Å². The summed E-state index contributed by atoms with van der Waals surface area (Å²) in [5.41, 5.74) is 4.35. The number of aliphatic imine (C=N–C) groups is 1. The molecule has 142 valence electrons. The van der Waals surface area contributed by atoms with E-state index >= 15 is 0 Å². The Hall–Kier alpha value is -1.86. The fourth-order valence-electron chi connectivity index (χ4n) is 3.54. The Balaban J connectivity index is 1.63. The molecule has 4 nitrogen and oxygen atoms in total. The van der Waals surface area contributed by atoms with E-state index in [4.69, 9.17) is 4.99 Å². The zero-order chi connectivity index (χ0) is 19.2. The average molecular weight is 405 g/mol. The number of anilines is 1. The van der Waals surface area contributed by atoms with Gasteiger partial charge < -0.3 is 4.90 Å². The fourth-order valence-corrected chi connectivity index (χ4v) is 6.46. The molecule has 2 atom stereocenters. The van der Waals surface area contributed by atoms with E-state index < -0.39 is 9.84 Å². The van der Waals surface area contributed by atoms with Gasteiger partial charge in [-0.2, -0.15) is 0 Å². The van der Waals surface area contributed by atoms with Crippen LogP contribution in [-0.4, -0.2) is 37.2 Å². The van der Waals surface area contributed by atoms with Crippen molar-refractivity contribution in [3.63, 3.8) is 0 Å². The number of halogens is 1. The van der Waals surface area contributed by atoms with Gasteiger partial charge in [0.15, 0.2) is 15.0 Å². The Morgan fingerprint density at radius 1 is 1.11 bits per heavy atom. The lowest BCUT2D eigenvalue weighted by Gasteiger charge is -2.27. The van der Waals surface area contributed by atoms with Crippen molar-refractivity contribution in [3.05, 3.63) is 65.0 Å². The normalized spacial score (nSPS) is 23.4. The van der Waals surface area contributed by atoms with E-state index in [2.05, 4.69) is 30.9 Å². The molecule has 0 aromatic heterocycles. The summed E-state index contributed by atoms with van der Waals surface area (Å²) in [7, 11) is -3.06. The largest absolute Gasteiger partial charge is 0.315 e. The number of rotatable bonds is 3. The number of thioether (sulfide) groups is 1. The molecule has 0 radical (unpaired) electrons. The molecule has 2 aromatic rings. The molecule has 0 amide bonds. The lowest BCUT2D eigenvalue weighted by Crippen LogP contribution is -2.39. The maximum atomic E-state index is 13.1. The van der Waals surface area contributed by atoms with Gasteiger partial charge in [0.1, 0.15) is 5.82 Å². The highest BCUT2D eigenvalue weighted by Gasteiger charge is 2.47. The Bertz CT molecular complexity index is 1000. The van der Waals surface area contributed by atoms with Crippen molar-refractivity contribution in [2.24, 2.45) is 4.99 Å². The molecule has 1 fully saturated rings. The third-order valence-electron chi connectivity index (χ3n) is 5.16. The van der Waals surface area contributed by atoms with E-state index in [1.807, 2.05) is 6.07 Å². The lowest BCUT2D eigenvalue weighted by molar-refractivity contribution is 0.601. The van der Waals surface area contributed by atoms with Gasteiger partial charge in [-0.05, 0) is 54.8 Å². The average Bonchev–Trinajstić information content (AvgIpc) is 3.08. The highest BCUT2D eigenvalue weighted by Crippen LogP contribution is 2.36. The molecule has 4 rings (SSSR count). The minimum absolute atomic E-state index is 0.111. The minimum atomic E-state index is -3.06. The van der Waals surface area contributed by atoms with Gasteiger partial charge in [-0.15, -0.1) is 0 Å². The van der Waals surface area contributed by atoms with Gasteiger partial charge in [0.25, 0.3) is 0 Å². The van der Waals surface area contributed by atoms with Crippen molar-refractivity contribution in [1.82, 2.24) is 0 Å². The summed E-state index contributed by atoms with van der Waals surface area (Å²) in [4.78, 5) is 6.82. The van der Waals surface area contributed by atoms with Gasteiger partial charge in [-0.25, -0.2) is 12.8 Å². The molecule has 7 heteroatoms. The molecule has 2 aromatic carbocycles. The van der Waals surface area contributed by atoms with Crippen LogP contribution in [0.1, 0.15) is 16.7 Å². The van der Waals surface area contributed by atoms with E-state index in [0.717, 1.165) is 16.4 Å². The summed E-state index contributed by atoms with van der Waals surface area (Å²) in [5, 5.41) is 0.840. The van der Waals surface area contributed by atoms with Crippen LogP contribution in [0.3, 0.4) is 0 Å². The highest BCUT2D eigenvalue weighted by atomic mass is 32.2. The number of sulfone groups is 1. The Kier molecular flexibility index (Phi) is 4.76. The number of amidine groups is 1. The second kappa shape index (κ2) is 6.95. The molecule has 27 heavy (non-hydrogen) atoms. The number of hydrogen-bond acceptors (Lipinski definition) is 5. The molecule has 0 spiro atoms. The molecule has 1 saturated heterocycles. The van der Waals surface area contributed by atoms with Crippen LogP contribution in [0.5, 0.6) is 0 Å². The minimum Gasteiger partial charge on any atom is -0.315 e. The first-order valence-electron chi connectivity index (χ1n) is 8.84. The van der Waals surface area contributed by atoms with Gasteiger partial charge in [-0.3, -0.25) is 4.99 Å². The Morgan fingerprint density at radius 2 is 1.85 bits per heavy atom. The van der Waals surface area contributed by atoms with Gasteiger partial charge in [0.2, 0.25) is 0 Å². The number of nitrogens with zero attached hydrogens (tertiary/aromatic N) is 2. The summed E-state index contributed by atoms with van der Waals surface area (Å²) in [6, 6.07) is 12.3. The number of aryl methyl sites for hydroxylation is 2. The summed E-state index contributed by atoms with van der Waals surface area (Å²) in [6.07, 6.45) is 0. The Morgan fingerprint density at radius 3 is 2.56 bits per heavy atom. The predicted octanol–water partition coefficient (Wildman–Crippen LogP) is 3.72. The van der Waals surface area contributed by atoms with Crippen LogP contribution in [0, 0.1) is 19.7 Å². The van der Waals surface area contributed by atoms with Crippen LogP contribution >= 0.6 is 11.8 Å². The van der Waals surface area contributed by atoms with E-state index in [-0.39, 0.29) is 29.4 Å². The summed E-state index contributed by atoms with van der Waals surface area (Å²) >= 11 is 1.57. The maximum absolute atomic E-state index is 13.1. The molecular weight excluding hydrogens is 383 g/mol. The number of hydrogen-bond donors (Lipinski definition) is 0. The first-order chi connectivity index (χ1) is 12.8. The van der Waals surface area contributed by atoms with Crippen LogP contribution < -0.4 is 4.90 Å². The van der Waals surface area contributed by atoms with Gasteiger partial charge in [0, 0.05) is 11.4 Å². The molecule has 0 aliphatic carbocycles. The van der Waals surface area contributed by atoms with Crippen LogP contribution in [0.25, 0.3) is 0 Å². The van der Waals surface area contributed by atoms with Crippen molar-refractivity contribution in [1.29, 1.82) is 0 Å². The van der Waals surface area contributed by atoms with Crippen LogP contribution in [0.15, 0.2) is 47.5 Å². The van der Waals surface area contributed by atoms with Crippen molar-refractivity contribution in [2.45, 2.75) is 31.7 Å². The summed E-state index contributed by atoms with van der Waals surface area (Å²) in [5.74, 6) is 0.652. The van der Waals surface area contributed by atoms with E-state index in [1.54, 1.807) is 23.9 Å². The molecule has 0 bridgehead atoms. The van der Waals surface area contributed by atoms with Crippen LogP contribution in [0.4, 0.5) is 10.1 Å². The van der Waals surface area contributed by atoms with Crippen LogP contribution in [-0.2, 0) is 15.6 Å². The van der Waals surface area contributed by atoms with Crippen molar-refractivity contribution in [2.75, 3.05) is 16.4 Å². The second-order valence-electron chi connectivity index (χ2n) is 7.18. The zero-order valence-corrected chi connectivity index (χ0v) is 16.9. The van der Waals surface area contributed by atoms with Crippen molar-refractivity contribution >= 4 is 32.5 Å². The third-order valence-corrected chi connectivity index (χ3v) is 7.89. The molecule has 0 unspecified atom stereocenters. The molecular formula is C20H21FN2O2S2. The fraction of sp³-hybridized carbons (Fsp3) is 0.350. The topological polar surface area (TPSA) is 49.7 Å². The summed E-state index contributed by atoms with van der Waals surface area (Å²) < 4.78 is 37.4. The predicted molar refractivity (Wildman–Crippen MR) is 110 cm³/mol. The number of benzene rings is 2.